The van der Waals surface area contributed by atoms with Gasteiger partial charge in [-0.15, -0.1) is 0 Å². The molecule has 2 atom stereocenters. The van der Waals surface area contributed by atoms with Crippen molar-refractivity contribution >= 4 is 0 Å². The van der Waals surface area contributed by atoms with Gasteiger partial charge in [0.1, 0.15) is 5.67 Å². The van der Waals surface area contributed by atoms with E-state index in [-0.39, 0.29) is 11.3 Å². The maximum Gasteiger partial charge on any atom is 0.145 e. The molecule has 5 rings (SSSR count). The van der Waals surface area contributed by atoms with E-state index in [1.807, 2.05) is 18.2 Å². The average molecular weight is 353 g/mol. The second-order valence-corrected chi connectivity index (χ2v) is 9.12. The number of halogens is 1. The maximum atomic E-state index is 16.8. The van der Waals surface area contributed by atoms with Crippen molar-refractivity contribution in [2.75, 3.05) is 0 Å². The first kappa shape index (κ1) is 18.0. The molecule has 0 aromatic heterocycles. The molecule has 26 heavy (non-hydrogen) atoms. The Morgan fingerprint density at radius 3 is 2.15 bits per heavy atom. The fraction of sp³-hybridized carbons (Fsp3) is 0.600. The van der Waals surface area contributed by atoms with Crippen LogP contribution in [0.15, 0.2) is 48.6 Å². The number of benzene rings is 1. The Kier molecular flexibility index (Phi) is 4.61. The molecule has 2 unspecified atom stereocenters. The first-order valence-electron chi connectivity index (χ1n) is 10.7. The minimum Gasteiger partial charge on any atom is -0.238 e. The Hall–Kier alpha value is -1.37. The van der Waals surface area contributed by atoms with Crippen molar-refractivity contribution in [1.82, 2.24) is 0 Å². The minimum absolute atomic E-state index is 0.143. The predicted octanol–water partition coefficient (Wildman–Crippen LogP) is 7.31. The lowest BCUT2D eigenvalue weighted by Gasteiger charge is -2.59. The van der Waals surface area contributed by atoms with Crippen LogP contribution in [-0.2, 0) is 6.42 Å². The summed E-state index contributed by atoms with van der Waals surface area (Å²) in [6.45, 7) is 4.53. The summed E-state index contributed by atoms with van der Waals surface area (Å²) in [6.07, 6.45) is 18.3. The highest BCUT2D eigenvalue weighted by molar-refractivity contribution is 5.40. The minimum atomic E-state index is -1.24. The highest BCUT2D eigenvalue weighted by Crippen LogP contribution is 2.66. The van der Waals surface area contributed by atoms with Crippen LogP contribution >= 0.6 is 0 Å². The molecule has 1 heteroatoms. The van der Waals surface area contributed by atoms with Gasteiger partial charge in [0.05, 0.1) is 0 Å². The summed E-state index contributed by atoms with van der Waals surface area (Å²) < 4.78 is 16.8. The monoisotopic (exact) mass is 352 g/mol. The van der Waals surface area contributed by atoms with E-state index in [2.05, 4.69) is 44.2 Å². The quantitative estimate of drug-likeness (QED) is 0.521. The van der Waals surface area contributed by atoms with E-state index in [1.54, 1.807) is 0 Å². The van der Waals surface area contributed by atoms with Gasteiger partial charge >= 0.3 is 0 Å². The third-order valence-electron chi connectivity index (χ3n) is 8.05. The fourth-order valence-electron chi connectivity index (χ4n) is 6.02. The molecule has 0 nitrogen and oxygen atoms in total. The second kappa shape index (κ2) is 6.66. The molecule has 3 saturated carbocycles. The van der Waals surface area contributed by atoms with E-state index in [4.69, 9.17) is 0 Å². The Morgan fingerprint density at radius 1 is 0.923 bits per heavy atom. The standard InChI is InChI=1S/C25H33F/c1-3-7-20-9-11-21(12-10-20)22-8-5-6-13-25(22,26)24-17-14-23(4-2,15-18-24)16-19-24/h5-6,8-13,22H,3-4,7,14-19H2,1-2H3. The fourth-order valence-corrected chi connectivity index (χ4v) is 6.02. The summed E-state index contributed by atoms with van der Waals surface area (Å²) in [5.41, 5.74) is 1.60. The van der Waals surface area contributed by atoms with Crippen LogP contribution in [0.25, 0.3) is 0 Å². The first-order valence-corrected chi connectivity index (χ1v) is 10.7. The number of hydrogen-bond donors (Lipinski definition) is 0. The molecule has 0 N–H and O–H groups in total. The molecule has 0 saturated heterocycles. The van der Waals surface area contributed by atoms with Crippen LogP contribution in [0.1, 0.15) is 82.3 Å². The van der Waals surface area contributed by atoms with Crippen molar-refractivity contribution in [3.05, 3.63) is 59.7 Å². The van der Waals surface area contributed by atoms with Crippen LogP contribution in [-0.4, -0.2) is 5.67 Å². The van der Waals surface area contributed by atoms with E-state index >= 15 is 4.39 Å². The summed E-state index contributed by atoms with van der Waals surface area (Å²) >= 11 is 0. The lowest BCUT2D eigenvalue weighted by molar-refractivity contribution is -0.0987. The zero-order chi connectivity index (χ0) is 18.3. The largest absolute Gasteiger partial charge is 0.238 e. The molecule has 1 aromatic carbocycles. The molecule has 1 aromatic rings. The molecule has 4 aliphatic rings. The smallest absolute Gasteiger partial charge is 0.145 e. The van der Waals surface area contributed by atoms with Crippen LogP contribution in [0.2, 0.25) is 0 Å². The van der Waals surface area contributed by atoms with Crippen LogP contribution in [0.4, 0.5) is 4.39 Å². The van der Waals surface area contributed by atoms with Gasteiger partial charge in [-0.3, -0.25) is 0 Å². The molecule has 0 radical (unpaired) electrons. The number of rotatable bonds is 5. The Bertz CT molecular complexity index is 671. The van der Waals surface area contributed by atoms with Gasteiger partial charge in [-0.2, -0.15) is 0 Å². The predicted molar refractivity (Wildman–Crippen MR) is 108 cm³/mol. The van der Waals surface area contributed by atoms with Crippen molar-refractivity contribution in [3.8, 4) is 0 Å². The summed E-state index contributed by atoms with van der Waals surface area (Å²) in [5.74, 6) is -0.143. The number of alkyl halides is 1. The third kappa shape index (κ3) is 2.70. The van der Waals surface area contributed by atoms with E-state index in [0.717, 1.165) is 37.7 Å². The number of aryl methyl sites for hydroxylation is 1. The van der Waals surface area contributed by atoms with Gasteiger partial charge in [-0.05, 0) is 67.6 Å². The van der Waals surface area contributed by atoms with E-state index in [0.29, 0.717) is 5.41 Å². The van der Waals surface area contributed by atoms with Crippen molar-refractivity contribution in [2.24, 2.45) is 10.8 Å². The zero-order valence-corrected chi connectivity index (χ0v) is 16.4. The Labute approximate surface area is 158 Å². The molecule has 3 fully saturated rings. The average Bonchev–Trinajstić information content (AvgIpc) is 2.71. The van der Waals surface area contributed by atoms with Crippen LogP contribution < -0.4 is 0 Å². The molecule has 0 heterocycles. The Balaban J connectivity index is 1.65. The second-order valence-electron chi connectivity index (χ2n) is 9.12. The Morgan fingerprint density at radius 2 is 1.58 bits per heavy atom. The third-order valence-corrected chi connectivity index (χ3v) is 8.05. The van der Waals surface area contributed by atoms with E-state index in [1.165, 1.54) is 31.2 Å². The molecule has 0 spiro atoms. The van der Waals surface area contributed by atoms with Crippen molar-refractivity contribution in [1.29, 1.82) is 0 Å². The van der Waals surface area contributed by atoms with Crippen molar-refractivity contribution in [2.45, 2.75) is 83.2 Å². The zero-order valence-electron chi connectivity index (χ0n) is 16.4. The van der Waals surface area contributed by atoms with Gasteiger partial charge in [-0.25, -0.2) is 4.39 Å². The van der Waals surface area contributed by atoms with Crippen LogP contribution in [0.3, 0.4) is 0 Å². The topological polar surface area (TPSA) is 0 Å². The van der Waals surface area contributed by atoms with Crippen molar-refractivity contribution < 1.29 is 4.39 Å². The molecular weight excluding hydrogens is 319 g/mol. The first-order chi connectivity index (χ1) is 12.6. The highest BCUT2D eigenvalue weighted by Gasteiger charge is 2.60. The normalized spacial score (nSPS) is 38.7. The summed E-state index contributed by atoms with van der Waals surface area (Å²) in [6, 6.07) is 8.75. The highest BCUT2D eigenvalue weighted by atomic mass is 19.1. The summed E-state index contributed by atoms with van der Waals surface area (Å²) in [4.78, 5) is 0. The number of allylic oxidation sites excluding steroid dienone is 4. The summed E-state index contributed by atoms with van der Waals surface area (Å²) in [7, 11) is 0. The van der Waals surface area contributed by atoms with Crippen LogP contribution in [0, 0.1) is 10.8 Å². The summed E-state index contributed by atoms with van der Waals surface area (Å²) in [5, 5.41) is 0. The van der Waals surface area contributed by atoms with Gasteiger partial charge in [-0.1, -0.05) is 69.2 Å². The maximum absolute atomic E-state index is 16.8. The van der Waals surface area contributed by atoms with Gasteiger partial charge in [0.2, 0.25) is 0 Å². The SMILES string of the molecule is CCCc1ccc(C2C=CC=CC2(F)C23CCC(CC)(CC2)CC3)cc1. The lowest BCUT2D eigenvalue weighted by atomic mass is 9.46. The van der Waals surface area contributed by atoms with Crippen LogP contribution in [0.5, 0.6) is 0 Å². The van der Waals surface area contributed by atoms with Crippen molar-refractivity contribution in [3.63, 3.8) is 0 Å². The van der Waals surface area contributed by atoms with Gasteiger partial charge in [0.15, 0.2) is 0 Å². The van der Waals surface area contributed by atoms with E-state index < -0.39 is 5.67 Å². The number of fused-ring (bicyclic) bond motifs is 3. The van der Waals surface area contributed by atoms with Gasteiger partial charge in [0, 0.05) is 11.3 Å². The molecule has 140 valence electrons. The molecular formula is C25H33F. The molecule has 2 bridgehead atoms. The molecule has 4 aliphatic carbocycles. The molecule has 0 aliphatic heterocycles. The lowest BCUT2D eigenvalue weighted by Crippen LogP contribution is -2.54. The molecule has 0 amide bonds. The van der Waals surface area contributed by atoms with Gasteiger partial charge < -0.3 is 0 Å². The van der Waals surface area contributed by atoms with Gasteiger partial charge in [0.25, 0.3) is 0 Å². The van der Waals surface area contributed by atoms with E-state index in [9.17, 15) is 0 Å². The number of hydrogen-bond acceptors (Lipinski definition) is 0.